The van der Waals surface area contributed by atoms with Crippen LogP contribution in [0.4, 0.5) is 11.4 Å². The Balaban J connectivity index is 2.02. The summed E-state index contributed by atoms with van der Waals surface area (Å²) in [4.78, 5) is 20.6. The van der Waals surface area contributed by atoms with Gasteiger partial charge in [-0.3, -0.25) is 4.79 Å². The highest BCUT2D eigenvalue weighted by Crippen LogP contribution is 2.35. The second kappa shape index (κ2) is 6.07. The molecule has 0 fully saturated rings. The highest BCUT2D eigenvalue weighted by molar-refractivity contribution is 9.10. The number of likely N-dealkylation sites (N-methyl/N-ethyl adjacent to an activating group) is 1. The van der Waals surface area contributed by atoms with Crippen LogP contribution in [0.3, 0.4) is 0 Å². The second-order valence-electron chi connectivity index (χ2n) is 5.01. The number of rotatable bonds is 1. The topological polar surface area (TPSA) is 36.4 Å². The van der Waals surface area contributed by atoms with Crippen molar-refractivity contribution in [2.75, 3.05) is 29.9 Å². The highest BCUT2D eigenvalue weighted by Gasteiger charge is 2.26. The summed E-state index contributed by atoms with van der Waals surface area (Å²) < 4.78 is 0.598. The molecule has 4 nitrogen and oxygen atoms in total. The summed E-state index contributed by atoms with van der Waals surface area (Å²) in [5, 5.41) is 0.931. The highest BCUT2D eigenvalue weighted by atomic mass is 79.9. The molecule has 2 aromatic rings. The van der Waals surface area contributed by atoms with Crippen LogP contribution in [-0.4, -0.2) is 31.0 Å². The molecule has 1 aliphatic heterocycles. The van der Waals surface area contributed by atoms with Crippen LogP contribution in [0.15, 0.2) is 34.9 Å². The van der Waals surface area contributed by atoms with E-state index in [1.165, 1.54) is 6.20 Å². The zero-order valence-corrected chi connectivity index (χ0v) is 14.8. The van der Waals surface area contributed by atoms with Crippen LogP contribution in [0.25, 0.3) is 0 Å². The van der Waals surface area contributed by atoms with Gasteiger partial charge in [0, 0.05) is 31.4 Å². The van der Waals surface area contributed by atoms with Crippen molar-refractivity contribution in [1.29, 1.82) is 0 Å². The molecule has 0 aliphatic carbocycles. The van der Waals surface area contributed by atoms with Gasteiger partial charge in [-0.15, -0.1) is 0 Å². The molecular weight excluding hydrogens is 389 g/mol. The molecule has 114 valence electrons. The molecule has 0 radical (unpaired) electrons. The van der Waals surface area contributed by atoms with Crippen LogP contribution in [0, 0.1) is 0 Å². The van der Waals surface area contributed by atoms with Crippen LogP contribution in [-0.2, 0) is 0 Å². The first-order valence-electron chi connectivity index (χ1n) is 6.61. The van der Waals surface area contributed by atoms with E-state index in [0.717, 1.165) is 17.9 Å². The summed E-state index contributed by atoms with van der Waals surface area (Å²) in [5.74, 6) is -0.124. The van der Waals surface area contributed by atoms with Crippen molar-refractivity contribution < 1.29 is 4.79 Å². The summed E-state index contributed by atoms with van der Waals surface area (Å²) in [7, 11) is 2.00. The number of carbonyl (C=O) groups excluding carboxylic acids is 1. The summed E-state index contributed by atoms with van der Waals surface area (Å²) in [5.41, 5.74) is 2.26. The number of aromatic nitrogens is 1. The number of nitrogens with zero attached hydrogens (tertiary/aromatic N) is 3. The quantitative estimate of drug-likeness (QED) is 0.671. The molecule has 22 heavy (non-hydrogen) atoms. The van der Waals surface area contributed by atoms with E-state index in [1.54, 1.807) is 11.0 Å². The minimum absolute atomic E-state index is 0.124. The van der Waals surface area contributed by atoms with Crippen molar-refractivity contribution in [1.82, 2.24) is 4.98 Å². The molecular formula is C15H12BrCl2N3O. The number of benzene rings is 1. The molecule has 2 heterocycles. The maximum Gasteiger partial charge on any atom is 0.260 e. The number of amides is 1. The standard InChI is InChI=1S/C15H12BrCl2N3O/c1-20-4-5-21(13-7-10(17)2-3-12(13)20)15(22)9-6-11(16)14(18)19-8-9/h2-3,6-8H,4-5H2,1H3. The number of anilines is 2. The van der Waals surface area contributed by atoms with Crippen molar-refractivity contribution >= 4 is 56.4 Å². The van der Waals surface area contributed by atoms with Crippen LogP contribution < -0.4 is 9.80 Å². The van der Waals surface area contributed by atoms with Gasteiger partial charge >= 0.3 is 0 Å². The lowest BCUT2D eigenvalue weighted by molar-refractivity contribution is 0.0986. The van der Waals surface area contributed by atoms with Gasteiger partial charge in [-0.1, -0.05) is 23.2 Å². The Labute approximate surface area is 146 Å². The molecule has 0 bridgehead atoms. The fraction of sp³-hybridized carbons (Fsp3) is 0.200. The van der Waals surface area contributed by atoms with E-state index >= 15 is 0 Å². The summed E-state index contributed by atoms with van der Waals surface area (Å²) in [6.45, 7) is 1.34. The van der Waals surface area contributed by atoms with Gasteiger partial charge in [0.2, 0.25) is 0 Å². The van der Waals surface area contributed by atoms with Gasteiger partial charge in [0.1, 0.15) is 5.15 Å². The lowest BCUT2D eigenvalue weighted by atomic mass is 10.1. The summed E-state index contributed by atoms with van der Waals surface area (Å²) in [6.07, 6.45) is 1.48. The van der Waals surface area contributed by atoms with Crippen LogP contribution in [0.1, 0.15) is 10.4 Å². The van der Waals surface area contributed by atoms with Crippen molar-refractivity contribution in [2.45, 2.75) is 0 Å². The SMILES string of the molecule is CN1CCN(C(=O)c2cnc(Cl)c(Br)c2)c2cc(Cl)ccc21. The largest absolute Gasteiger partial charge is 0.371 e. The number of hydrogen-bond donors (Lipinski definition) is 0. The van der Waals surface area contributed by atoms with Gasteiger partial charge in [0.05, 0.1) is 21.4 Å². The first kappa shape index (κ1) is 15.6. The first-order chi connectivity index (χ1) is 10.5. The minimum Gasteiger partial charge on any atom is -0.371 e. The summed E-state index contributed by atoms with van der Waals surface area (Å²) in [6, 6.07) is 7.24. The maximum atomic E-state index is 12.8. The van der Waals surface area contributed by atoms with E-state index in [-0.39, 0.29) is 5.91 Å². The molecule has 0 saturated carbocycles. The molecule has 7 heteroatoms. The number of fused-ring (bicyclic) bond motifs is 1. The van der Waals surface area contributed by atoms with Gasteiger partial charge in [0.15, 0.2) is 0 Å². The molecule has 1 aromatic carbocycles. The van der Waals surface area contributed by atoms with Crippen molar-refractivity contribution in [3.63, 3.8) is 0 Å². The molecule has 3 rings (SSSR count). The fourth-order valence-corrected chi connectivity index (χ4v) is 3.05. The third kappa shape index (κ3) is 2.81. The van der Waals surface area contributed by atoms with Crippen LogP contribution in [0.2, 0.25) is 10.2 Å². The van der Waals surface area contributed by atoms with Gasteiger partial charge in [-0.25, -0.2) is 4.98 Å². The molecule has 1 aliphatic rings. The fourth-order valence-electron chi connectivity index (χ4n) is 2.43. The Morgan fingerprint density at radius 2 is 2.00 bits per heavy atom. The lowest BCUT2D eigenvalue weighted by Gasteiger charge is -2.35. The third-order valence-electron chi connectivity index (χ3n) is 3.59. The Morgan fingerprint density at radius 3 is 2.73 bits per heavy atom. The van der Waals surface area contributed by atoms with E-state index in [0.29, 0.717) is 26.8 Å². The molecule has 0 saturated heterocycles. The molecule has 0 atom stereocenters. The average molecular weight is 401 g/mol. The normalized spacial score (nSPS) is 14.0. The third-order valence-corrected chi connectivity index (χ3v) is 4.96. The van der Waals surface area contributed by atoms with Crippen LogP contribution in [0.5, 0.6) is 0 Å². The smallest absolute Gasteiger partial charge is 0.260 e. The summed E-state index contributed by atoms with van der Waals surface area (Å²) >= 11 is 15.3. The van der Waals surface area contributed by atoms with Crippen molar-refractivity contribution in [2.24, 2.45) is 0 Å². The maximum absolute atomic E-state index is 12.8. The second-order valence-corrected chi connectivity index (χ2v) is 6.66. The van der Waals surface area contributed by atoms with Crippen molar-refractivity contribution in [3.05, 3.63) is 50.7 Å². The Kier molecular flexibility index (Phi) is 4.30. The lowest BCUT2D eigenvalue weighted by Crippen LogP contribution is -2.42. The van der Waals surface area contributed by atoms with E-state index in [4.69, 9.17) is 23.2 Å². The van der Waals surface area contributed by atoms with E-state index in [1.807, 2.05) is 25.2 Å². The van der Waals surface area contributed by atoms with Gasteiger partial charge in [-0.2, -0.15) is 0 Å². The predicted molar refractivity (Wildman–Crippen MR) is 93.3 cm³/mol. The average Bonchev–Trinajstić information content (AvgIpc) is 2.49. The van der Waals surface area contributed by atoms with E-state index < -0.39 is 0 Å². The number of pyridine rings is 1. The minimum atomic E-state index is -0.124. The molecule has 0 N–H and O–H groups in total. The molecule has 1 amide bonds. The molecule has 1 aromatic heterocycles. The van der Waals surface area contributed by atoms with E-state index in [9.17, 15) is 4.79 Å². The van der Waals surface area contributed by atoms with Crippen LogP contribution >= 0.6 is 39.1 Å². The zero-order valence-electron chi connectivity index (χ0n) is 11.7. The van der Waals surface area contributed by atoms with Gasteiger partial charge in [-0.05, 0) is 40.2 Å². The predicted octanol–water partition coefficient (Wildman–Crippen LogP) is 4.25. The van der Waals surface area contributed by atoms with Crippen molar-refractivity contribution in [3.8, 4) is 0 Å². The van der Waals surface area contributed by atoms with Gasteiger partial charge in [0.25, 0.3) is 5.91 Å². The number of halogens is 3. The number of hydrogen-bond acceptors (Lipinski definition) is 3. The Bertz CT molecular complexity index is 754. The Morgan fingerprint density at radius 1 is 1.23 bits per heavy atom. The first-order valence-corrected chi connectivity index (χ1v) is 8.16. The zero-order chi connectivity index (χ0) is 15.9. The number of carbonyl (C=O) groups is 1. The van der Waals surface area contributed by atoms with E-state index in [2.05, 4.69) is 25.8 Å². The molecule has 0 spiro atoms. The Hall–Kier alpha value is -1.30. The van der Waals surface area contributed by atoms with Gasteiger partial charge < -0.3 is 9.80 Å². The monoisotopic (exact) mass is 399 g/mol. The molecule has 0 unspecified atom stereocenters.